The topological polar surface area (TPSA) is 132 Å². The van der Waals surface area contributed by atoms with E-state index in [9.17, 15) is 32.7 Å². The van der Waals surface area contributed by atoms with Crippen LogP contribution in [0.15, 0.2) is 54.7 Å². The van der Waals surface area contributed by atoms with Gasteiger partial charge in [-0.2, -0.15) is 13.2 Å². The monoisotopic (exact) mass is 478 g/mol. The number of alkyl halides is 3. The molecule has 0 aliphatic heterocycles. The largest absolute Gasteiger partial charge is 0.478 e. The molecule has 0 saturated heterocycles. The van der Waals surface area contributed by atoms with E-state index < -0.39 is 29.6 Å². The average molecular weight is 478 g/mol. The third kappa shape index (κ3) is 6.15. The second kappa shape index (κ2) is 10.6. The number of aromatic carboxylic acids is 2. The van der Waals surface area contributed by atoms with Gasteiger partial charge in [-0.25, -0.2) is 14.4 Å². The van der Waals surface area contributed by atoms with E-state index in [1.807, 2.05) is 0 Å². The molecule has 0 saturated carbocycles. The first kappa shape index (κ1) is 26.0. The number of carbonyl (C=O) groups is 3. The molecule has 4 N–H and O–H groups in total. The van der Waals surface area contributed by atoms with Gasteiger partial charge < -0.3 is 25.3 Å². The van der Waals surface area contributed by atoms with Crippen molar-refractivity contribution in [2.45, 2.75) is 20.0 Å². The van der Waals surface area contributed by atoms with Gasteiger partial charge in [0.1, 0.15) is 0 Å². The Morgan fingerprint density at radius 2 is 1.62 bits per heavy atom. The summed E-state index contributed by atoms with van der Waals surface area (Å²) in [6.07, 6.45) is -3.36. The zero-order valence-electron chi connectivity index (χ0n) is 18.1. The van der Waals surface area contributed by atoms with Gasteiger partial charge in [-0.1, -0.05) is 12.1 Å². The Balaban J connectivity index is 0.000000340. The molecule has 180 valence electrons. The summed E-state index contributed by atoms with van der Waals surface area (Å²) in [5.41, 5.74) is 4.86. The molecule has 2 aromatic carbocycles. The lowest BCUT2D eigenvalue weighted by Gasteiger charge is -2.13. The minimum atomic E-state index is -4.61. The van der Waals surface area contributed by atoms with Gasteiger partial charge in [0, 0.05) is 17.6 Å². The molecule has 0 aliphatic rings. The number of anilines is 1. The Morgan fingerprint density at radius 1 is 1.00 bits per heavy atom. The Labute approximate surface area is 192 Å². The van der Waals surface area contributed by atoms with Crippen molar-refractivity contribution in [3.05, 3.63) is 82.7 Å². The van der Waals surface area contributed by atoms with Crippen molar-refractivity contribution in [2.24, 2.45) is 0 Å². The van der Waals surface area contributed by atoms with E-state index in [0.29, 0.717) is 17.4 Å². The lowest BCUT2D eigenvalue weighted by atomic mass is 10.1. The van der Waals surface area contributed by atoms with Crippen LogP contribution in [0.5, 0.6) is 0 Å². The minimum Gasteiger partial charge on any atom is -0.478 e. The van der Waals surface area contributed by atoms with Gasteiger partial charge in [0.05, 0.1) is 34.5 Å². The van der Waals surface area contributed by atoms with Crippen molar-refractivity contribution in [2.75, 3.05) is 12.3 Å². The number of nitrogen functional groups attached to an aromatic ring is 1. The van der Waals surface area contributed by atoms with Crippen LogP contribution in [0.3, 0.4) is 0 Å². The molecular formula is C23H21F3N2O6. The van der Waals surface area contributed by atoms with E-state index in [2.05, 4.69) is 0 Å². The van der Waals surface area contributed by atoms with Gasteiger partial charge in [-0.3, -0.25) is 0 Å². The first-order chi connectivity index (χ1) is 15.9. The fraction of sp³-hybridized carbons (Fsp3) is 0.174. The lowest BCUT2D eigenvalue weighted by Crippen LogP contribution is -2.11. The van der Waals surface area contributed by atoms with E-state index in [0.717, 1.165) is 12.1 Å². The van der Waals surface area contributed by atoms with Crippen molar-refractivity contribution in [3.8, 4) is 5.69 Å². The molecule has 0 radical (unpaired) electrons. The van der Waals surface area contributed by atoms with Gasteiger partial charge in [0.2, 0.25) is 0 Å². The van der Waals surface area contributed by atoms with E-state index >= 15 is 0 Å². The summed E-state index contributed by atoms with van der Waals surface area (Å²) in [5, 5.41) is 17.7. The zero-order chi connectivity index (χ0) is 25.6. The predicted molar refractivity (Wildman–Crippen MR) is 116 cm³/mol. The lowest BCUT2D eigenvalue weighted by molar-refractivity contribution is -0.137. The van der Waals surface area contributed by atoms with Crippen molar-refractivity contribution < 1.29 is 42.5 Å². The normalized spacial score (nSPS) is 10.7. The highest BCUT2D eigenvalue weighted by atomic mass is 19.4. The number of aromatic nitrogens is 1. The standard InChI is InChI=1S/C16H14F3NO4.C7H7NO2/c1-3-24-15(23)10-6-9(2)20(8-10)13-7-11(16(17,18)19)4-5-12(13)14(21)22;8-6-4-2-1-3-5(6)7(9)10/h4-8H,3H2,1-2H3,(H,21,22);1-4H,8H2,(H,9,10). The Bertz CT molecular complexity index is 1220. The van der Waals surface area contributed by atoms with Crippen LogP contribution in [0.4, 0.5) is 18.9 Å². The van der Waals surface area contributed by atoms with E-state index in [1.54, 1.807) is 32.0 Å². The number of carboxylic acids is 2. The molecule has 3 aromatic rings. The van der Waals surface area contributed by atoms with E-state index in [-0.39, 0.29) is 29.0 Å². The van der Waals surface area contributed by atoms with Crippen LogP contribution in [-0.4, -0.2) is 39.3 Å². The number of nitrogens with zero attached hydrogens (tertiary/aromatic N) is 1. The first-order valence-corrected chi connectivity index (χ1v) is 9.75. The number of benzene rings is 2. The molecule has 0 fully saturated rings. The Morgan fingerprint density at radius 3 is 2.12 bits per heavy atom. The first-order valence-electron chi connectivity index (χ1n) is 9.75. The third-order valence-corrected chi connectivity index (χ3v) is 4.53. The number of hydrogen-bond donors (Lipinski definition) is 3. The van der Waals surface area contributed by atoms with Crippen molar-refractivity contribution in [1.29, 1.82) is 0 Å². The molecule has 0 unspecified atom stereocenters. The molecule has 0 atom stereocenters. The highest BCUT2D eigenvalue weighted by Crippen LogP contribution is 2.32. The second-order valence-corrected chi connectivity index (χ2v) is 6.89. The average Bonchev–Trinajstić information content (AvgIpc) is 3.15. The minimum absolute atomic E-state index is 0.128. The SMILES string of the molecule is CCOC(=O)c1cc(C)n(-c2cc(C(F)(F)F)ccc2C(=O)O)c1.Nc1ccccc1C(=O)O. The molecule has 0 amide bonds. The fourth-order valence-electron chi connectivity index (χ4n) is 2.94. The molecular weight excluding hydrogens is 457 g/mol. The van der Waals surface area contributed by atoms with Crippen LogP contribution >= 0.6 is 0 Å². The number of esters is 1. The highest BCUT2D eigenvalue weighted by Gasteiger charge is 2.32. The maximum absolute atomic E-state index is 12.9. The van der Waals surface area contributed by atoms with Crippen molar-refractivity contribution in [3.63, 3.8) is 0 Å². The smallest absolute Gasteiger partial charge is 0.416 e. The van der Waals surface area contributed by atoms with Crippen LogP contribution in [0.2, 0.25) is 0 Å². The van der Waals surface area contributed by atoms with Gasteiger partial charge in [-0.15, -0.1) is 0 Å². The molecule has 1 aromatic heterocycles. The molecule has 0 spiro atoms. The van der Waals surface area contributed by atoms with Gasteiger partial charge in [-0.05, 0) is 50.2 Å². The van der Waals surface area contributed by atoms with Crippen LogP contribution < -0.4 is 5.73 Å². The van der Waals surface area contributed by atoms with Gasteiger partial charge >= 0.3 is 24.1 Å². The number of aryl methyl sites for hydroxylation is 1. The Kier molecular flexibility index (Phi) is 8.07. The van der Waals surface area contributed by atoms with Crippen molar-refractivity contribution in [1.82, 2.24) is 4.57 Å². The highest BCUT2D eigenvalue weighted by molar-refractivity contribution is 5.94. The molecule has 11 heteroatoms. The predicted octanol–water partition coefficient (Wildman–Crippen LogP) is 4.65. The molecule has 0 bridgehead atoms. The van der Waals surface area contributed by atoms with E-state index in [1.165, 1.54) is 22.9 Å². The third-order valence-electron chi connectivity index (χ3n) is 4.53. The number of ether oxygens (including phenoxy) is 1. The van der Waals surface area contributed by atoms with Crippen LogP contribution in [0, 0.1) is 6.92 Å². The maximum Gasteiger partial charge on any atom is 0.416 e. The number of para-hydroxylation sites is 1. The second-order valence-electron chi connectivity index (χ2n) is 6.89. The summed E-state index contributed by atoms with van der Waals surface area (Å²) in [7, 11) is 0. The summed E-state index contributed by atoms with van der Waals surface area (Å²) >= 11 is 0. The van der Waals surface area contributed by atoms with Crippen LogP contribution in [-0.2, 0) is 10.9 Å². The fourth-order valence-corrected chi connectivity index (χ4v) is 2.94. The summed E-state index contributed by atoms with van der Waals surface area (Å²) < 4.78 is 44.8. The zero-order valence-corrected chi connectivity index (χ0v) is 18.1. The summed E-state index contributed by atoms with van der Waals surface area (Å²) in [5.74, 6) is -2.99. The molecule has 0 aliphatic carbocycles. The maximum atomic E-state index is 12.9. The van der Waals surface area contributed by atoms with Gasteiger partial charge in [0.25, 0.3) is 0 Å². The number of rotatable bonds is 5. The van der Waals surface area contributed by atoms with E-state index in [4.69, 9.17) is 15.6 Å². The molecule has 3 rings (SSSR count). The Hall–Kier alpha value is -4.28. The van der Waals surface area contributed by atoms with Crippen LogP contribution in [0.25, 0.3) is 5.69 Å². The van der Waals surface area contributed by atoms with Crippen LogP contribution in [0.1, 0.15) is 49.3 Å². The number of carbonyl (C=O) groups excluding carboxylic acids is 1. The van der Waals surface area contributed by atoms with Gasteiger partial charge in [0.15, 0.2) is 0 Å². The summed E-state index contributed by atoms with van der Waals surface area (Å²) in [4.78, 5) is 33.4. The quantitative estimate of drug-likeness (QED) is 0.359. The molecule has 34 heavy (non-hydrogen) atoms. The number of nitrogens with two attached hydrogens (primary N) is 1. The number of hydrogen-bond acceptors (Lipinski definition) is 5. The van der Waals surface area contributed by atoms with Crippen molar-refractivity contribution >= 4 is 23.6 Å². The summed E-state index contributed by atoms with van der Waals surface area (Å²) in [6.45, 7) is 3.32. The molecule has 8 nitrogen and oxygen atoms in total. The summed E-state index contributed by atoms with van der Waals surface area (Å²) in [6, 6.07) is 10.1. The molecule has 1 heterocycles. The number of carboxylic acid groups (broad SMARTS) is 2. The number of halogens is 3.